The summed E-state index contributed by atoms with van der Waals surface area (Å²) >= 11 is 8.70. The fourth-order valence-electron chi connectivity index (χ4n) is 0.833. The summed E-state index contributed by atoms with van der Waals surface area (Å²) in [6.07, 6.45) is 3.91. The monoisotopic (exact) mass is 262 g/mol. The Morgan fingerprint density at radius 2 is 2.46 bits per heavy atom. The van der Waals surface area contributed by atoms with Gasteiger partial charge in [0.1, 0.15) is 4.47 Å². The molecule has 0 unspecified atom stereocenters. The van der Waals surface area contributed by atoms with Crippen LogP contribution in [0.5, 0.6) is 0 Å². The zero-order chi connectivity index (χ0) is 9.84. The summed E-state index contributed by atoms with van der Waals surface area (Å²) in [5, 5.41) is 0.194. The van der Waals surface area contributed by atoms with Crippen LogP contribution in [0.15, 0.2) is 28.2 Å². The summed E-state index contributed by atoms with van der Waals surface area (Å²) in [5.74, 6) is 0. The third-order valence-electron chi connectivity index (χ3n) is 1.51. The molecule has 0 aliphatic heterocycles. The maximum atomic E-state index is 11.5. The molecular weight excluding hydrogens is 255 g/mol. The molecule has 0 aromatic carbocycles. The Bertz CT molecular complexity index is 375. The van der Waals surface area contributed by atoms with E-state index in [1.165, 1.54) is 10.9 Å². The maximum absolute atomic E-state index is 11.5. The highest BCUT2D eigenvalue weighted by atomic mass is 79.9. The van der Waals surface area contributed by atoms with Gasteiger partial charge in [-0.25, -0.2) is 4.98 Å². The molecule has 0 atom stereocenters. The molecule has 0 aliphatic carbocycles. The van der Waals surface area contributed by atoms with Crippen molar-refractivity contribution in [3.8, 4) is 0 Å². The highest BCUT2D eigenvalue weighted by molar-refractivity contribution is 9.10. The summed E-state index contributed by atoms with van der Waals surface area (Å²) in [6, 6.07) is 0. The molecule has 0 spiro atoms. The molecule has 0 saturated heterocycles. The van der Waals surface area contributed by atoms with Crippen LogP contribution in [0, 0.1) is 0 Å². The van der Waals surface area contributed by atoms with Gasteiger partial charge < -0.3 is 0 Å². The second kappa shape index (κ2) is 4.58. The number of allylic oxidation sites excluding steroid dienone is 1. The number of nitrogens with zero attached hydrogens (tertiary/aromatic N) is 2. The van der Waals surface area contributed by atoms with Crippen molar-refractivity contribution < 1.29 is 0 Å². The van der Waals surface area contributed by atoms with Gasteiger partial charge in [0.15, 0.2) is 5.15 Å². The Balaban J connectivity index is 3.04. The predicted octanol–water partition coefficient (Wildman–Crippen LogP) is 2.24. The Kier molecular flexibility index (Phi) is 3.69. The average Bonchev–Trinajstić information content (AvgIpc) is 2.13. The minimum atomic E-state index is -0.165. The molecule has 0 saturated carbocycles. The standard InChI is InChI=1S/C8H8BrClN2O/c1-2-3-4-12-5-11-7(10)6(9)8(12)13/h2,5H,1,3-4H2. The van der Waals surface area contributed by atoms with E-state index in [2.05, 4.69) is 27.5 Å². The van der Waals surface area contributed by atoms with E-state index in [-0.39, 0.29) is 10.7 Å². The number of aromatic nitrogens is 2. The highest BCUT2D eigenvalue weighted by Gasteiger charge is 2.05. The van der Waals surface area contributed by atoms with Crippen LogP contribution in [0.3, 0.4) is 0 Å². The van der Waals surface area contributed by atoms with E-state index in [0.29, 0.717) is 11.0 Å². The minimum absolute atomic E-state index is 0.165. The zero-order valence-electron chi connectivity index (χ0n) is 6.83. The summed E-state index contributed by atoms with van der Waals surface area (Å²) in [4.78, 5) is 15.3. The van der Waals surface area contributed by atoms with Crippen molar-refractivity contribution in [3.05, 3.63) is 39.0 Å². The van der Waals surface area contributed by atoms with Gasteiger partial charge in [0.25, 0.3) is 5.56 Å². The van der Waals surface area contributed by atoms with Crippen LogP contribution >= 0.6 is 27.5 Å². The summed E-state index contributed by atoms with van der Waals surface area (Å²) in [5.41, 5.74) is -0.165. The molecule has 0 amide bonds. The van der Waals surface area contributed by atoms with Gasteiger partial charge in [-0.05, 0) is 22.4 Å². The fraction of sp³-hybridized carbons (Fsp3) is 0.250. The van der Waals surface area contributed by atoms with Crippen molar-refractivity contribution in [2.45, 2.75) is 13.0 Å². The van der Waals surface area contributed by atoms with Gasteiger partial charge in [-0.3, -0.25) is 9.36 Å². The molecular formula is C8H8BrClN2O. The van der Waals surface area contributed by atoms with E-state index < -0.39 is 0 Å². The SMILES string of the molecule is C=CCCn1cnc(Cl)c(Br)c1=O. The van der Waals surface area contributed by atoms with Gasteiger partial charge in [0, 0.05) is 6.54 Å². The Labute approximate surface area is 89.2 Å². The molecule has 0 fully saturated rings. The highest BCUT2D eigenvalue weighted by Crippen LogP contribution is 2.13. The molecule has 0 radical (unpaired) electrons. The van der Waals surface area contributed by atoms with E-state index in [4.69, 9.17) is 11.6 Å². The van der Waals surface area contributed by atoms with Crippen LogP contribution in [0.25, 0.3) is 0 Å². The average molecular weight is 264 g/mol. The van der Waals surface area contributed by atoms with Crippen LogP contribution in [-0.4, -0.2) is 9.55 Å². The van der Waals surface area contributed by atoms with Gasteiger partial charge in [-0.2, -0.15) is 0 Å². The first-order valence-electron chi connectivity index (χ1n) is 3.68. The van der Waals surface area contributed by atoms with Gasteiger partial charge in [0.2, 0.25) is 0 Å². The van der Waals surface area contributed by atoms with Gasteiger partial charge >= 0.3 is 0 Å². The molecule has 13 heavy (non-hydrogen) atoms. The third-order valence-corrected chi connectivity index (χ3v) is 2.74. The van der Waals surface area contributed by atoms with Crippen LogP contribution in [0.2, 0.25) is 5.15 Å². The summed E-state index contributed by atoms with van der Waals surface area (Å²) < 4.78 is 1.79. The summed E-state index contributed by atoms with van der Waals surface area (Å²) in [6.45, 7) is 4.15. The molecule has 0 bridgehead atoms. The van der Waals surface area contributed by atoms with Crippen LogP contribution in [0.4, 0.5) is 0 Å². The number of hydrogen-bond acceptors (Lipinski definition) is 2. The lowest BCUT2D eigenvalue weighted by Crippen LogP contribution is -2.21. The molecule has 0 N–H and O–H groups in total. The Morgan fingerprint density at radius 1 is 1.77 bits per heavy atom. The third kappa shape index (κ3) is 2.42. The molecule has 1 heterocycles. The molecule has 5 heteroatoms. The number of aryl methyl sites for hydroxylation is 1. The second-order valence-electron chi connectivity index (χ2n) is 2.43. The van der Waals surface area contributed by atoms with Crippen molar-refractivity contribution in [1.82, 2.24) is 9.55 Å². The van der Waals surface area contributed by atoms with Gasteiger partial charge in [-0.15, -0.1) is 6.58 Å². The lowest BCUT2D eigenvalue weighted by Gasteiger charge is -2.03. The smallest absolute Gasteiger partial charge is 0.269 e. The van der Waals surface area contributed by atoms with E-state index in [0.717, 1.165) is 6.42 Å². The van der Waals surface area contributed by atoms with Crippen molar-refractivity contribution in [2.24, 2.45) is 0 Å². The summed E-state index contributed by atoms with van der Waals surface area (Å²) in [7, 11) is 0. The van der Waals surface area contributed by atoms with Crippen LogP contribution in [-0.2, 0) is 6.54 Å². The van der Waals surface area contributed by atoms with Gasteiger partial charge in [-0.1, -0.05) is 17.7 Å². The number of halogens is 2. The fourth-order valence-corrected chi connectivity index (χ4v) is 1.29. The topological polar surface area (TPSA) is 34.9 Å². The van der Waals surface area contributed by atoms with Crippen LogP contribution in [0.1, 0.15) is 6.42 Å². The normalized spacial score (nSPS) is 10.0. The lowest BCUT2D eigenvalue weighted by molar-refractivity contribution is 0.662. The molecule has 1 rings (SSSR count). The number of rotatable bonds is 3. The molecule has 70 valence electrons. The van der Waals surface area contributed by atoms with E-state index in [1.807, 2.05) is 0 Å². The first-order chi connectivity index (χ1) is 6.16. The van der Waals surface area contributed by atoms with Crippen molar-refractivity contribution in [3.63, 3.8) is 0 Å². The first-order valence-corrected chi connectivity index (χ1v) is 4.85. The second-order valence-corrected chi connectivity index (χ2v) is 3.58. The van der Waals surface area contributed by atoms with E-state index >= 15 is 0 Å². The molecule has 1 aromatic rings. The Hall–Kier alpha value is -0.610. The Morgan fingerprint density at radius 3 is 3.08 bits per heavy atom. The molecule has 3 nitrogen and oxygen atoms in total. The largest absolute Gasteiger partial charge is 0.298 e. The van der Waals surface area contributed by atoms with Crippen molar-refractivity contribution in [1.29, 1.82) is 0 Å². The lowest BCUT2D eigenvalue weighted by atomic mass is 10.4. The van der Waals surface area contributed by atoms with Crippen molar-refractivity contribution >= 4 is 27.5 Å². The number of hydrogen-bond donors (Lipinski definition) is 0. The maximum Gasteiger partial charge on any atom is 0.269 e. The predicted molar refractivity (Wildman–Crippen MR) is 56.0 cm³/mol. The first kappa shape index (κ1) is 10.5. The molecule has 0 aliphatic rings. The quantitative estimate of drug-likeness (QED) is 0.619. The van der Waals surface area contributed by atoms with Crippen molar-refractivity contribution in [2.75, 3.05) is 0 Å². The van der Waals surface area contributed by atoms with Crippen LogP contribution < -0.4 is 5.56 Å². The van der Waals surface area contributed by atoms with E-state index in [1.54, 1.807) is 6.08 Å². The minimum Gasteiger partial charge on any atom is -0.298 e. The molecule has 1 aromatic heterocycles. The van der Waals surface area contributed by atoms with Gasteiger partial charge in [0.05, 0.1) is 6.33 Å². The van der Waals surface area contributed by atoms with E-state index in [9.17, 15) is 4.79 Å². The zero-order valence-corrected chi connectivity index (χ0v) is 9.18.